The van der Waals surface area contributed by atoms with Gasteiger partial charge in [0.05, 0.1) is 0 Å². The molecule has 0 aromatic heterocycles. The molecule has 0 fully saturated rings. The average Bonchev–Trinajstić information content (AvgIpc) is 2.30. The van der Waals surface area contributed by atoms with Crippen molar-refractivity contribution in [1.82, 2.24) is 0 Å². The minimum atomic E-state index is -0.833. The van der Waals surface area contributed by atoms with Crippen molar-refractivity contribution in [2.45, 2.75) is 27.7 Å². The van der Waals surface area contributed by atoms with Crippen LogP contribution in [0.5, 0.6) is 0 Å². The molecule has 0 aromatic rings. The molecule has 4 nitrogen and oxygen atoms in total. The van der Waals surface area contributed by atoms with Crippen LogP contribution < -0.4 is 0 Å². The van der Waals surface area contributed by atoms with Crippen molar-refractivity contribution in [3.63, 3.8) is 0 Å². The molecule has 0 aromatic carbocycles. The molecule has 1 N–H and O–H groups in total. The molecule has 0 aliphatic heterocycles. The summed E-state index contributed by atoms with van der Waals surface area (Å²) in [5, 5.41) is 7.42. The average molecular weight is 241 g/mol. The predicted molar refractivity (Wildman–Crippen MR) is 54.2 cm³/mol. The van der Waals surface area contributed by atoms with Crippen molar-refractivity contribution in [3.8, 4) is 0 Å². The number of carbonyl (C=O) groups is 2. The van der Waals surface area contributed by atoms with Gasteiger partial charge < -0.3 is 30.7 Å². The van der Waals surface area contributed by atoms with E-state index in [2.05, 4.69) is 20.8 Å². The normalized spacial score (nSPS) is 3.57. The summed E-state index contributed by atoms with van der Waals surface area (Å²) in [5.74, 6) is -0.833. The first-order chi connectivity index (χ1) is 6.73. The van der Waals surface area contributed by atoms with Crippen LogP contribution in [0.4, 0.5) is 0 Å². The molecule has 0 saturated heterocycles. The molecule has 0 bridgehead atoms. The molecule has 0 rings (SSSR count). The van der Waals surface area contributed by atoms with E-state index in [1.165, 1.54) is 0 Å². The van der Waals surface area contributed by atoms with Gasteiger partial charge >= 0.3 is 23.7 Å². The third-order valence-corrected chi connectivity index (χ3v) is 0. The van der Waals surface area contributed by atoms with Gasteiger partial charge in [0.15, 0.2) is 0 Å². The van der Waals surface area contributed by atoms with Crippen molar-refractivity contribution in [1.29, 1.82) is 0 Å². The first kappa shape index (κ1) is 37.3. The quantitative estimate of drug-likeness (QED) is 0.521. The van der Waals surface area contributed by atoms with Crippen molar-refractivity contribution in [3.05, 3.63) is 20.8 Å². The number of carboxylic acids is 1. The third-order valence-electron chi connectivity index (χ3n) is 0. The number of aliphatic carboxylic acids is 1. The Hall–Kier alpha value is -0.346. The fourth-order valence-corrected chi connectivity index (χ4v) is 0. The number of carboxylic acid groups (broad SMARTS) is 1. The van der Waals surface area contributed by atoms with Crippen LogP contribution in [0.15, 0.2) is 0 Å². The van der Waals surface area contributed by atoms with Gasteiger partial charge in [0.1, 0.15) is 6.79 Å². The van der Waals surface area contributed by atoms with Gasteiger partial charge in [0, 0.05) is 6.92 Å². The molecular weight excluding hydrogens is 220 g/mol. The summed E-state index contributed by atoms with van der Waals surface area (Å²) < 4.78 is 8.25. The summed E-state index contributed by atoms with van der Waals surface area (Å²) >= 11 is 0.750. The van der Waals surface area contributed by atoms with Crippen LogP contribution >= 0.6 is 0 Å². The number of hydrogen-bond acceptors (Lipinski definition) is 3. The zero-order valence-electron chi connectivity index (χ0n) is 9.50. The maximum absolute atomic E-state index is 9.00. The fourth-order valence-electron chi connectivity index (χ4n) is 0. The summed E-state index contributed by atoms with van der Waals surface area (Å²) in [4.78, 5) is 17.0. The molecule has 0 spiro atoms. The van der Waals surface area contributed by atoms with Gasteiger partial charge in [-0.3, -0.25) is 4.79 Å². The number of rotatable bonds is 0. The molecule has 14 heavy (non-hydrogen) atoms. The Balaban J connectivity index is -0.0000000143. The van der Waals surface area contributed by atoms with Gasteiger partial charge in [-0.25, -0.2) is 0 Å². The topological polar surface area (TPSA) is 71.4 Å². The third kappa shape index (κ3) is 11100. The molecular formula is C9H21O4Ti-3. The number of carbonyl (C=O) groups excluding carboxylic acids is 1. The monoisotopic (exact) mass is 241 g/mol. The first-order valence-electron chi connectivity index (χ1n) is 3.54. The molecule has 0 saturated carbocycles. The zero-order valence-corrected chi connectivity index (χ0v) is 11.1. The Kier molecular flexibility index (Phi) is 650. The van der Waals surface area contributed by atoms with Gasteiger partial charge in [-0.15, -0.1) is 0 Å². The van der Waals surface area contributed by atoms with Crippen LogP contribution in [-0.4, -0.2) is 17.9 Å². The molecule has 0 unspecified atom stereocenters. The zero-order chi connectivity index (χ0) is 13.6. The van der Waals surface area contributed by atoms with Crippen LogP contribution in [0.2, 0.25) is 0 Å². The first-order valence-corrected chi connectivity index (χ1v) is 4.18. The maximum atomic E-state index is 9.00. The second-order valence-corrected chi connectivity index (χ2v) is 0.519. The van der Waals surface area contributed by atoms with E-state index in [0.29, 0.717) is 0 Å². The van der Waals surface area contributed by atoms with Crippen LogP contribution in [-0.2, 0) is 33.3 Å². The second kappa shape index (κ2) is 244. The summed E-state index contributed by atoms with van der Waals surface area (Å²) in [7, 11) is 0. The van der Waals surface area contributed by atoms with Gasteiger partial charge in [-0.1, -0.05) is 0 Å². The van der Waals surface area contributed by atoms with E-state index < -0.39 is 5.97 Å². The van der Waals surface area contributed by atoms with Crippen LogP contribution in [0, 0.1) is 20.8 Å². The van der Waals surface area contributed by atoms with Crippen molar-refractivity contribution in [2.24, 2.45) is 0 Å². The molecule has 0 aliphatic carbocycles. The van der Waals surface area contributed by atoms with E-state index in [0.717, 1.165) is 27.3 Å². The molecule has 0 heterocycles. The van der Waals surface area contributed by atoms with Gasteiger partial charge in [-0.2, -0.15) is 20.8 Å². The molecule has 88 valence electrons. The Labute approximate surface area is 99.8 Å². The molecule has 0 amide bonds. The molecule has 0 atom stereocenters. The summed E-state index contributed by atoms with van der Waals surface area (Å²) in [6.07, 6.45) is 0. The SMILES string of the molecule is C=O.CC(=O)O.[CH2-]C.[CH2-]C.[CH2-]C.[O]=[Ti]. The standard InChI is InChI=1S/C2H4O2.3C2H5.CH2O.O.Ti/c1-2(3)4;4*1-2;;/h1H3,(H,3,4);3*1H2,2H3;1H2;;/q;3*-1;;;. The van der Waals surface area contributed by atoms with Crippen LogP contribution in [0.25, 0.3) is 0 Å². The van der Waals surface area contributed by atoms with E-state index in [1.54, 1.807) is 20.8 Å². The van der Waals surface area contributed by atoms with E-state index in [4.69, 9.17) is 18.0 Å². The van der Waals surface area contributed by atoms with Gasteiger partial charge in [0.2, 0.25) is 0 Å². The van der Waals surface area contributed by atoms with Gasteiger partial charge in [0.25, 0.3) is 5.97 Å². The van der Waals surface area contributed by atoms with Gasteiger partial charge in [-0.05, 0) is 0 Å². The Morgan fingerprint density at radius 2 is 1.00 bits per heavy atom. The van der Waals surface area contributed by atoms with E-state index >= 15 is 0 Å². The fraction of sp³-hybridized carbons (Fsp3) is 0.444. The van der Waals surface area contributed by atoms with Crippen LogP contribution in [0.1, 0.15) is 27.7 Å². The summed E-state index contributed by atoms with van der Waals surface area (Å²) in [5.41, 5.74) is 0. The van der Waals surface area contributed by atoms with Crippen molar-refractivity contribution < 1.29 is 38.4 Å². The predicted octanol–water partition coefficient (Wildman–Crippen LogP) is 2.31. The van der Waals surface area contributed by atoms with Crippen molar-refractivity contribution in [2.75, 3.05) is 0 Å². The Morgan fingerprint density at radius 1 is 1.00 bits per heavy atom. The summed E-state index contributed by atoms with van der Waals surface area (Å²) in [6.45, 7) is 18.1. The van der Waals surface area contributed by atoms with Crippen LogP contribution in [0.3, 0.4) is 0 Å². The second-order valence-electron chi connectivity index (χ2n) is 0.519. The Morgan fingerprint density at radius 3 is 1.00 bits per heavy atom. The summed E-state index contributed by atoms with van der Waals surface area (Å²) in [6, 6.07) is 0. The van der Waals surface area contributed by atoms with E-state index in [1.807, 2.05) is 6.79 Å². The van der Waals surface area contributed by atoms with E-state index in [9.17, 15) is 0 Å². The Bertz CT molecular complexity index is 54.8. The molecule has 0 radical (unpaired) electrons. The molecule has 0 aliphatic rings. The van der Waals surface area contributed by atoms with E-state index in [-0.39, 0.29) is 0 Å². The van der Waals surface area contributed by atoms with Crippen molar-refractivity contribution >= 4 is 12.8 Å². The molecule has 5 heteroatoms. The minimum absolute atomic E-state index is 0.750. The number of hydrogen-bond donors (Lipinski definition) is 1.